The zero-order chi connectivity index (χ0) is 50.0. The molecule has 1 saturated heterocycles. The lowest BCUT2D eigenvalue weighted by atomic mass is 9.89. The van der Waals surface area contributed by atoms with Crippen LogP contribution in [0.3, 0.4) is 0 Å². The number of methoxy groups -OCH3 is 2. The summed E-state index contributed by atoms with van der Waals surface area (Å²) >= 11 is 1.50. The fourth-order valence-corrected chi connectivity index (χ4v) is 9.73. The van der Waals surface area contributed by atoms with Gasteiger partial charge < -0.3 is 44.7 Å². The third-order valence-electron chi connectivity index (χ3n) is 12.7. The summed E-state index contributed by atoms with van der Waals surface area (Å²) in [5.41, 5.74) is 0.488. The van der Waals surface area contributed by atoms with Crippen molar-refractivity contribution in [2.75, 3.05) is 61.2 Å². The Hall–Kier alpha value is -4.16. The van der Waals surface area contributed by atoms with Crippen LogP contribution in [0.1, 0.15) is 112 Å². The Bertz CT molecular complexity index is 1810. The molecule has 5 amide bonds. The molecule has 3 N–H and O–H groups in total. The average Bonchev–Trinajstić information content (AvgIpc) is 3.99. The molecule has 1 aromatic carbocycles. The first-order valence-electron chi connectivity index (χ1n) is 24.1. The monoisotopic (exact) mass is 958 g/mol. The number of likely N-dealkylation sites (N-methyl/N-ethyl adjacent to an activating group) is 2. The van der Waals surface area contributed by atoms with E-state index in [1.807, 2.05) is 101 Å². The zero-order valence-corrected chi connectivity index (χ0v) is 43.7. The normalized spacial score (nSPS) is 17.9. The van der Waals surface area contributed by atoms with Gasteiger partial charge in [-0.05, 0) is 70.4 Å². The van der Waals surface area contributed by atoms with E-state index in [4.69, 9.17) is 18.9 Å². The summed E-state index contributed by atoms with van der Waals surface area (Å²) in [5, 5.41) is 11.7. The van der Waals surface area contributed by atoms with Gasteiger partial charge >= 0.3 is 6.09 Å². The molecule has 1 fully saturated rings. The molecule has 0 saturated carbocycles. The number of hydrogen-bond acceptors (Lipinski definition) is 12. The summed E-state index contributed by atoms with van der Waals surface area (Å²) in [4.78, 5) is 79.0. The number of nitrogens with one attached hydrogen (secondary N) is 3. The minimum atomic E-state index is -0.844. The van der Waals surface area contributed by atoms with Gasteiger partial charge in [-0.3, -0.25) is 24.1 Å². The second-order valence-electron chi connectivity index (χ2n) is 19.7. The molecule has 0 unspecified atom stereocenters. The molecular formula is C50H83N7O9S. The molecule has 1 aliphatic rings. The molecule has 3 rings (SSSR count). The van der Waals surface area contributed by atoms with E-state index in [2.05, 4.69) is 20.9 Å². The van der Waals surface area contributed by atoms with E-state index in [9.17, 15) is 24.0 Å². The number of aromatic nitrogens is 1. The molecule has 0 radical (unpaired) electrons. The van der Waals surface area contributed by atoms with Crippen molar-refractivity contribution < 1.29 is 42.9 Å². The molecule has 1 aliphatic heterocycles. The summed E-state index contributed by atoms with van der Waals surface area (Å²) in [7, 11) is 6.74. The number of likely N-dealkylation sites (tertiary alicyclic amines) is 1. The minimum absolute atomic E-state index is 0.0118. The Morgan fingerprint density at radius 2 is 1.61 bits per heavy atom. The van der Waals surface area contributed by atoms with E-state index in [-0.39, 0.29) is 73.0 Å². The van der Waals surface area contributed by atoms with Crippen LogP contribution in [-0.2, 0) is 44.5 Å². The fraction of sp³-hybridized carbons (Fsp3) is 0.720. The molecule has 67 heavy (non-hydrogen) atoms. The second-order valence-corrected chi connectivity index (χ2v) is 20.6. The number of nitrogens with zero attached hydrogens (tertiary/aromatic N) is 4. The highest BCUT2D eigenvalue weighted by atomic mass is 32.1. The molecule has 17 heteroatoms. The first-order valence-corrected chi connectivity index (χ1v) is 24.9. The number of amides is 5. The van der Waals surface area contributed by atoms with E-state index in [0.29, 0.717) is 39.0 Å². The summed E-state index contributed by atoms with van der Waals surface area (Å²) in [6.45, 7) is 20.9. The van der Waals surface area contributed by atoms with Gasteiger partial charge in [0, 0.05) is 52.5 Å². The van der Waals surface area contributed by atoms with Crippen LogP contribution in [0, 0.1) is 23.7 Å². The second kappa shape index (κ2) is 27.7. The standard InChI is InChI=1S/C50H83N7O9S/c1-15-34(6)43(56(12)48(61)41(32(2)3)54-46(60)42(33(4)5)55(11)26-28-65-27-23-52-49(62)66-50(8,9)10)39(63-13)31-40(58)57-25-19-22-38(57)44(64-14)35(7)45(59)53-37(47-51-24-29-67-47)30-36-20-17-16-18-21-36/h16-18,20-21,24,29,32-35,37-39,41-44H,15,19,22-23,25-28,30-31H2,1-14H3,(H,52,62)(H,53,59)(H,54,60)/t34-,35+,37-,38-,39+,41-,42-,43-,44+/m0/s1. The maximum Gasteiger partial charge on any atom is 0.407 e. The van der Waals surface area contributed by atoms with Crippen LogP contribution >= 0.6 is 11.3 Å². The number of carbonyl (C=O) groups is 5. The Kier molecular flexibility index (Phi) is 23.7. The molecule has 378 valence electrons. The predicted octanol–water partition coefficient (Wildman–Crippen LogP) is 6.10. The van der Waals surface area contributed by atoms with Crippen molar-refractivity contribution in [1.29, 1.82) is 0 Å². The van der Waals surface area contributed by atoms with E-state index in [0.717, 1.165) is 17.0 Å². The third-order valence-corrected chi connectivity index (χ3v) is 13.6. The van der Waals surface area contributed by atoms with Crippen molar-refractivity contribution >= 4 is 41.1 Å². The highest BCUT2D eigenvalue weighted by molar-refractivity contribution is 7.09. The van der Waals surface area contributed by atoms with E-state index in [1.54, 1.807) is 53.1 Å². The molecule has 0 bridgehead atoms. The first-order chi connectivity index (χ1) is 31.6. The van der Waals surface area contributed by atoms with Crippen molar-refractivity contribution in [3.63, 3.8) is 0 Å². The molecule has 1 aromatic heterocycles. The third kappa shape index (κ3) is 17.4. The summed E-state index contributed by atoms with van der Waals surface area (Å²) in [6.07, 6.45) is 2.75. The molecule has 2 aromatic rings. The van der Waals surface area contributed by atoms with Gasteiger partial charge in [-0.25, -0.2) is 9.78 Å². The number of rotatable bonds is 27. The highest BCUT2D eigenvalue weighted by Crippen LogP contribution is 2.31. The van der Waals surface area contributed by atoms with Crippen LogP contribution in [-0.4, -0.2) is 153 Å². The largest absolute Gasteiger partial charge is 0.444 e. The fourth-order valence-electron chi connectivity index (χ4n) is 9.04. The Balaban J connectivity index is 1.70. The molecule has 9 atom stereocenters. The number of alkyl carbamates (subject to hydrolysis) is 1. The number of carbonyl (C=O) groups excluding carboxylic acids is 5. The van der Waals surface area contributed by atoms with Crippen LogP contribution in [0.25, 0.3) is 0 Å². The van der Waals surface area contributed by atoms with E-state index in [1.165, 1.54) is 11.3 Å². The molecule has 16 nitrogen and oxygen atoms in total. The van der Waals surface area contributed by atoms with Crippen LogP contribution < -0.4 is 16.0 Å². The molecule has 0 spiro atoms. The topological polar surface area (TPSA) is 181 Å². The number of hydrogen-bond donors (Lipinski definition) is 3. The highest BCUT2D eigenvalue weighted by Gasteiger charge is 2.43. The van der Waals surface area contributed by atoms with Crippen molar-refractivity contribution in [2.45, 2.75) is 149 Å². The van der Waals surface area contributed by atoms with Gasteiger partial charge in [0.15, 0.2) is 0 Å². The smallest absolute Gasteiger partial charge is 0.407 e. The quantitative estimate of drug-likeness (QED) is 0.0881. The van der Waals surface area contributed by atoms with Gasteiger partial charge in [0.25, 0.3) is 0 Å². The minimum Gasteiger partial charge on any atom is -0.444 e. The summed E-state index contributed by atoms with van der Waals surface area (Å²) < 4.78 is 23.2. The van der Waals surface area contributed by atoms with Gasteiger partial charge in [-0.2, -0.15) is 0 Å². The van der Waals surface area contributed by atoms with Crippen LogP contribution in [0.15, 0.2) is 41.9 Å². The summed E-state index contributed by atoms with van der Waals surface area (Å²) in [6, 6.07) is 7.43. The molecule has 2 heterocycles. The zero-order valence-electron chi connectivity index (χ0n) is 42.8. The predicted molar refractivity (Wildman–Crippen MR) is 262 cm³/mol. The molecular weight excluding hydrogens is 875 g/mol. The van der Waals surface area contributed by atoms with Gasteiger partial charge in [-0.15, -0.1) is 11.3 Å². The lowest BCUT2D eigenvalue weighted by molar-refractivity contribution is -0.148. The maximum atomic E-state index is 14.6. The van der Waals surface area contributed by atoms with Gasteiger partial charge in [0.05, 0.1) is 61.9 Å². The number of thiazole rings is 1. The van der Waals surface area contributed by atoms with Crippen molar-refractivity contribution in [2.24, 2.45) is 23.7 Å². The number of benzene rings is 1. The van der Waals surface area contributed by atoms with E-state index >= 15 is 0 Å². The summed E-state index contributed by atoms with van der Waals surface area (Å²) in [5.74, 6) is -1.82. The maximum absolute atomic E-state index is 14.6. The Morgan fingerprint density at radius 3 is 2.18 bits per heavy atom. The van der Waals surface area contributed by atoms with Gasteiger partial charge in [0.1, 0.15) is 16.7 Å². The lowest BCUT2D eigenvalue weighted by Crippen LogP contribution is -2.60. The lowest BCUT2D eigenvalue weighted by Gasteiger charge is -2.41. The Labute approximate surface area is 404 Å². The van der Waals surface area contributed by atoms with Crippen LogP contribution in [0.4, 0.5) is 4.79 Å². The average molecular weight is 958 g/mol. The molecule has 0 aliphatic carbocycles. The van der Waals surface area contributed by atoms with Gasteiger partial charge in [-0.1, -0.05) is 85.2 Å². The Morgan fingerprint density at radius 1 is 0.925 bits per heavy atom. The SMILES string of the molecule is CC[C@H](C)[C@@H]([C@@H](CC(=O)N1CCC[C@H]1[C@H](OC)[C@@H](C)C(=O)N[C@@H](Cc1ccccc1)c1nccs1)OC)N(C)C(=O)[C@@H](NC(=O)[C@H](C(C)C)N(C)CCOCCNC(=O)OC(C)(C)C)C(C)C. The van der Waals surface area contributed by atoms with Crippen molar-refractivity contribution in [1.82, 2.24) is 35.6 Å². The first kappa shape index (κ1) is 57.2. The van der Waals surface area contributed by atoms with E-state index < -0.39 is 47.9 Å². The number of ether oxygens (including phenoxy) is 4. The van der Waals surface area contributed by atoms with Crippen LogP contribution in [0.2, 0.25) is 0 Å². The van der Waals surface area contributed by atoms with Crippen LogP contribution in [0.5, 0.6) is 0 Å². The van der Waals surface area contributed by atoms with Crippen molar-refractivity contribution in [3.05, 3.63) is 52.5 Å². The van der Waals surface area contributed by atoms with Crippen molar-refractivity contribution in [3.8, 4) is 0 Å². The van der Waals surface area contributed by atoms with Gasteiger partial charge in [0.2, 0.25) is 23.6 Å².